The van der Waals surface area contributed by atoms with Gasteiger partial charge in [0.25, 0.3) is 5.91 Å². The van der Waals surface area contributed by atoms with Gasteiger partial charge in [-0.05, 0) is 34.7 Å². The molecule has 2 rings (SSSR count). The van der Waals surface area contributed by atoms with Gasteiger partial charge in [-0.15, -0.1) is 0 Å². The van der Waals surface area contributed by atoms with E-state index in [1.807, 2.05) is 6.07 Å². The molecule has 0 spiro atoms. The largest absolute Gasteiger partial charge is 0.489 e. The molecule has 0 radical (unpaired) electrons. The standard InChI is InChI=1S/C20H25NO3/c1-20(2,3)17-9-7-15(8-10-17)14-24-18-6-4-5-16(13-18)19(23)21-11-12-22/h4-10,13,22H,11-12,14H2,1-3H3,(H,21,23). The monoisotopic (exact) mass is 327 g/mol. The Balaban J connectivity index is 1.98. The normalized spacial score (nSPS) is 11.2. The van der Waals surface area contributed by atoms with Crippen molar-refractivity contribution in [2.24, 2.45) is 0 Å². The van der Waals surface area contributed by atoms with E-state index in [9.17, 15) is 4.79 Å². The van der Waals surface area contributed by atoms with Crippen LogP contribution in [0.2, 0.25) is 0 Å². The lowest BCUT2D eigenvalue weighted by atomic mass is 9.87. The van der Waals surface area contributed by atoms with Crippen molar-refractivity contribution >= 4 is 5.91 Å². The number of ether oxygens (including phenoxy) is 1. The fourth-order valence-electron chi connectivity index (χ4n) is 2.27. The third kappa shape index (κ3) is 5.10. The van der Waals surface area contributed by atoms with E-state index in [1.165, 1.54) is 5.56 Å². The Morgan fingerprint density at radius 1 is 1.12 bits per heavy atom. The number of hydrogen-bond donors (Lipinski definition) is 2. The first-order valence-electron chi connectivity index (χ1n) is 8.11. The van der Waals surface area contributed by atoms with Crippen molar-refractivity contribution in [3.8, 4) is 5.75 Å². The topological polar surface area (TPSA) is 58.6 Å². The van der Waals surface area contributed by atoms with E-state index < -0.39 is 0 Å². The third-order valence-electron chi connectivity index (χ3n) is 3.72. The molecule has 0 unspecified atom stereocenters. The number of benzene rings is 2. The fraction of sp³-hybridized carbons (Fsp3) is 0.350. The summed E-state index contributed by atoms with van der Waals surface area (Å²) in [6.07, 6.45) is 0. The SMILES string of the molecule is CC(C)(C)c1ccc(COc2cccc(C(=O)NCCO)c2)cc1. The number of hydrogen-bond acceptors (Lipinski definition) is 3. The van der Waals surface area contributed by atoms with E-state index in [-0.39, 0.29) is 24.5 Å². The predicted molar refractivity (Wildman–Crippen MR) is 95.3 cm³/mol. The fourth-order valence-corrected chi connectivity index (χ4v) is 2.27. The van der Waals surface area contributed by atoms with E-state index in [2.05, 4.69) is 50.4 Å². The highest BCUT2D eigenvalue weighted by Gasteiger charge is 2.13. The van der Waals surface area contributed by atoms with E-state index in [0.717, 1.165) is 5.56 Å². The quantitative estimate of drug-likeness (QED) is 0.856. The highest BCUT2D eigenvalue weighted by molar-refractivity contribution is 5.94. The molecule has 4 nitrogen and oxygen atoms in total. The number of rotatable bonds is 6. The van der Waals surface area contributed by atoms with Gasteiger partial charge in [0.05, 0.1) is 6.61 Å². The molecule has 2 aromatic rings. The summed E-state index contributed by atoms with van der Waals surface area (Å²) in [5.41, 5.74) is 3.02. The molecule has 0 aliphatic heterocycles. The minimum Gasteiger partial charge on any atom is -0.489 e. The second-order valence-electron chi connectivity index (χ2n) is 6.74. The van der Waals surface area contributed by atoms with Crippen LogP contribution in [0.3, 0.4) is 0 Å². The van der Waals surface area contributed by atoms with Crippen LogP contribution in [-0.4, -0.2) is 24.2 Å². The first kappa shape index (κ1) is 18.0. The Hall–Kier alpha value is -2.33. The summed E-state index contributed by atoms with van der Waals surface area (Å²) in [7, 11) is 0. The van der Waals surface area contributed by atoms with Crippen LogP contribution in [0.4, 0.5) is 0 Å². The summed E-state index contributed by atoms with van der Waals surface area (Å²) >= 11 is 0. The van der Waals surface area contributed by atoms with Crippen LogP contribution >= 0.6 is 0 Å². The van der Waals surface area contributed by atoms with Crippen LogP contribution in [0.15, 0.2) is 48.5 Å². The van der Waals surface area contributed by atoms with Crippen molar-refractivity contribution < 1.29 is 14.6 Å². The molecule has 0 saturated carbocycles. The first-order chi connectivity index (χ1) is 11.4. The molecule has 0 fully saturated rings. The van der Waals surface area contributed by atoms with Gasteiger partial charge in [0.1, 0.15) is 12.4 Å². The first-order valence-corrected chi connectivity index (χ1v) is 8.11. The summed E-state index contributed by atoms with van der Waals surface area (Å²) in [5, 5.41) is 11.4. The number of carbonyl (C=O) groups excluding carboxylic acids is 1. The smallest absolute Gasteiger partial charge is 0.251 e. The minimum absolute atomic E-state index is 0.0769. The molecule has 2 aromatic carbocycles. The molecule has 0 aliphatic carbocycles. The zero-order valence-corrected chi connectivity index (χ0v) is 14.5. The lowest BCUT2D eigenvalue weighted by Gasteiger charge is -2.19. The van der Waals surface area contributed by atoms with Crippen molar-refractivity contribution in [3.05, 3.63) is 65.2 Å². The summed E-state index contributed by atoms with van der Waals surface area (Å²) in [5.74, 6) is 0.426. The van der Waals surface area contributed by atoms with Gasteiger partial charge in [0.15, 0.2) is 0 Å². The van der Waals surface area contributed by atoms with Gasteiger partial charge in [-0.25, -0.2) is 0 Å². The van der Waals surface area contributed by atoms with E-state index in [0.29, 0.717) is 17.9 Å². The maximum atomic E-state index is 11.9. The minimum atomic E-state index is -0.218. The van der Waals surface area contributed by atoms with Crippen LogP contribution in [0.5, 0.6) is 5.75 Å². The van der Waals surface area contributed by atoms with Crippen LogP contribution in [0.1, 0.15) is 42.3 Å². The number of aliphatic hydroxyl groups is 1. The molecule has 0 bridgehead atoms. The zero-order valence-electron chi connectivity index (χ0n) is 14.5. The highest BCUT2D eigenvalue weighted by atomic mass is 16.5. The molecule has 128 valence electrons. The Bertz CT molecular complexity index is 672. The molecular weight excluding hydrogens is 302 g/mol. The molecule has 2 N–H and O–H groups in total. The molecule has 24 heavy (non-hydrogen) atoms. The molecule has 1 amide bonds. The van der Waals surface area contributed by atoms with E-state index >= 15 is 0 Å². The number of nitrogens with one attached hydrogen (secondary N) is 1. The second kappa shape index (κ2) is 7.97. The average molecular weight is 327 g/mol. The Morgan fingerprint density at radius 2 is 1.83 bits per heavy atom. The van der Waals surface area contributed by atoms with Crippen LogP contribution in [0.25, 0.3) is 0 Å². The number of carbonyl (C=O) groups is 1. The molecule has 4 heteroatoms. The van der Waals surface area contributed by atoms with Gasteiger partial charge in [0.2, 0.25) is 0 Å². The summed E-state index contributed by atoms with van der Waals surface area (Å²) in [6, 6.07) is 15.4. The second-order valence-corrected chi connectivity index (χ2v) is 6.74. The summed E-state index contributed by atoms with van der Waals surface area (Å²) in [6.45, 7) is 7.17. The molecule has 0 saturated heterocycles. The van der Waals surface area contributed by atoms with Gasteiger partial charge >= 0.3 is 0 Å². The van der Waals surface area contributed by atoms with Crippen molar-refractivity contribution in [3.63, 3.8) is 0 Å². The molecule has 0 heterocycles. The predicted octanol–water partition coefficient (Wildman–Crippen LogP) is 3.29. The Kier molecular flexibility index (Phi) is 5.99. The van der Waals surface area contributed by atoms with Crippen molar-refractivity contribution in [2.75, 3.05) is 13.2 Å². The zero-order chi connectivity index (χ0) is 17.6. The van der Waals surface area contributed by atoms with Gasteiger partial charge in [-0.2, -0.15) is 0 Å². The third-order valence-corrected chi connectivity index (χ3v) is 3.72. The van der Waals surface area contributed by atoms with E-state index in [1.54, 1.807) is 18.2 Å². The maximum absolute atomic E-state index is 11.9. The molecule has 0 aliphatic rings. The maximum Gasteiger partial charge on any atom is 0.251 e. The van der Waals surface area contributed by atoms with Crippen molar-refractivity contribution in [2.45, 2.75) is 32.8 Å². The highest BCUT2D eigenvalue weighted by Crippen LogP contribution is 2.22. The lowest BCUT2D eigenvalue weighted by molar-refractivity contribution is 0.0944. The average Bonchev–Trinajstić information content (AvgIpc) is 2.57. The van der Waals surface area contributed by atoms with E-state index in [4.69, 9.17) is 9.84 Å². The van der Waals surface area contributed by atoms with Gasteiger partial charge in [0, 0.05) is 12.1 Å². The Morgan fingerprint density at radius 3 is 2.46 bits per heavy atom. The molecule has 0 aromatic heterocycles. The Labute approximate surface area is 143 Å². The lowest BCUT2D eigenvalue weighted by Crippen LogP contribution is -2.26. The van der Waals surface area contributed by atoms with Crippen LogP contribution < -0.4 is 10.1 Å². The van der Waals surface area contributed by atoms with Gasteiger partial charge in [-0.1, -0.05) is 51.1 Å². The van der Waals surface area contributed by atoms with Crippen molar-refractivity contribution in [1.29, 1.82) is 0 Å². The van der Waals surface area contributed by atoms with Gasteiger partial charge in [-0.3, -0.25) is 4.79 Å². The molecular formula is C20H25NO3. The van der Waals surface area contributed by atoms with Crippen LogP contribution in [-0.2, 0) is 12.0 Å². The summed E-state index contributed by atoms with van der Waals surface area (Å²) in [4.78, 5) is 11.9. The number of aliphatic hydroxyl groups excluding tert-OH is 1. The van der Waals surface area contributed by atoms with Gasteiger partial charge < -0.3 is 15.2 Å². The summed E-state index contributed by atoms with van der Waals surface area (Å²) < 4.78 is 5.78. The number of amides is 1. The van der Waals surface area contributed by atoms with Crippen LogP contribution in [0, 0.1) is 0 Å². The molecule has 0 atom stereocenters. The van der Waals surface area contributed by atoms with Crippen molar-refractivity contribution in [1.82, 2.24) is 5.32 Å².